The SMILES string of the molecule is CC(C)(C)c1ccc([I+]C2=CCC(C(C)(C)C)C=C2)cc1. The molecule has 21 heavy (non-hydrogen) atoms. The normalized spacial score (nSPS) is 19.5. The molecule has 0 nitrogen and oxygen atoms in total. The van der Waals surface area contributed by atoms with Gasteiger partial charge in [0.15, 0.2) is 7.15 Å². The van der Waals surface area contributed by atoms with Crippen LogP contribution in [0, 0.1) is 14.9 Å². The summed E-state index contributed by atoms with van der Waals surface area (Å²) in [6.45, 7) is 13.8. The number of rotatable bonds is 2. The zero-order valence-electron chi connectivity index (χ0n) is 14.2. The van der Waals surface area contributed by atoms with Gasteiger partial charge >= 0.3 is 21.2 Å². The van der Waals surface area contributed by atoms with E-state index in [9.17, 15) is 0 Å². The summed E-state index contributed by atoms with van der Waals surface area (Å²) in [5.74, 6) is 0.688. The zero-order chi connectivity index (χ0) is 15.7. The third kappa shape index (κ3) is 4.70. The molecular formula is C20H28I+. The fourth-order valence-corrected chi connectivity index (χ4v) is 4.75. The summed E-state index contributed by atoms with van der Waals surface area (Å²) in [4.78, 5) is 0. The van der Waals surface area contributed by atoms with E-state index in [2.05, 4.69) is 84.0 Å². The minimum absolute atomic E-state index is 0.0257. The van der Waals surface area contributed by atoms with E-state index < -0.39 is 0 Å². The molecule has 1 aromatic rings. The molecule has 0 saturated heterocycles. The van der Waals surface area contributed by atoms with Crippen LogP contribution >= 0.6 is 0 Å². The first-order valence-electron chi connectivity index (χ1n) is 7.80. The van der Waals surface area contributed by atoms with Gasteiger partial charge in [-0.1, -0.05) is 59.8 Å². The number of allylic oxidation sites excluding steroid dienone is 4. The highest BCUT2D eigenvalue weighted by atomic mass is 127. The van der Waals surface area contributed by atoms with Gasteiger partial charge in [-0.3, -0.25) is 0 Å². The van der Waals surface area contributed by atoms with Crippen LogP contribution in [0.3, 0.4) is 0 Å². The first kappa shape index (κ1) is 16.8. The second kappa shape index (κ2) is 6.28. The molecular weight excluding hydrogens is 367 g/mol. The lowest BCUT2D eigenvalue weighted by Crippen LogP contribution is -3.60. The molecule has 1 aliphatic rings. The molecule has 1 unspecified atom stereocenters. The smallest absolute Gasteiger partial charge is 0.0761 e. The standard InChI is InChI=1S/C20H28I/c1-19(2,3)15-7-11-17(12-8-15)21-18-13-9-16(10-14-18)20(4,5)6/h7-9,11-14,16H,10H2,1-6H3/q+1. The summed E-state index contributed by atoms with van der Waals surface area (Å²) in [6, 6.07) is 9.27. The molecule has 0 bridgehead atoms. The van der Waals surface area contributed by atoms with Crippen LogP contribution in [0.4, 0.5) is 0 Å². The molecule has 114 valence electrons. The van der Waals surface area contributed by atoms with E-state index in [0.29, 0.717) is 11.3 Å². The molecule has 1 aliphatic carbocycles. The Balaban J connectivity index is 2.01. The molecule has 2 rings (SSSR count). The largest absolute Gasteiger partial charge is 0.357 e. The molecule has 0 amide bonds. The van der Waals surface area contributed by atoms with E-state index in [4.69, 9.17) is 0 Å². The van der Waals surface area contributed by atoms with Crippen LogP contribution in [0.2, 0.25) is 0 Å². The lowest BCUT2D eigenvalue weighted by Gasteiger charge is -2.28. The first-order valence-corrected chi connectivity index (χ1v) is 9.96. The maximum Gasteiger partial charge on any atom is 0.357 e. The average molecular weight is 395 g/mol. The second-order valence-electron chi connectivity index (χ2n) is 8.01. The number of hydrogen-bond acceptors (Lipinski definition) is 0. The van der Waals surface area contributed by atoms with Crippen molar-refractivity contribution in [3.63, 3.8) is 0 Å². The zero-order valence-corrected chi connectivity index (χ0v) is 16.4. The molecule has 0 radical (unpaired) electrons. The van der Waals surface area contributed by atoms with Gasteiger partial charge < -0.3 is 0 Å². The van der Waals surface area contributed by atoms with E-state index in [1.165, 1.54) is 15.6 Å². The third-order valence-electron chi connectivity index (χ3n) is 4.10. The van der Waals surface area contributed by atoms with Crippen LogP contribution in [-0.4, -0.2) is 0 Å². The molecule has 0 fully saturated rings. The van der Waals surface area contributed by atoms with Crippen molar-refractivity contribution in [2.75, 3.05) is 0 Å². The molecule has 0 aliphatic heterocycles. The summed E-state index contributed by atoms with van der Waals surface area (Å²) in [6.07, 6.45) is 8.49. The molecule has 1 aromatic carbocycles. The van der Waals surface area contributed by atoms with Gasteiger partial charge in [0.2, 0.25) is 0 Å². The van der Waals surface area contributed by atoms with Crippen molar-refractivity contribution in [3.05, 3.63) is 55.2 Å². The van der Waals surface area contributed by atoms with Crippen molar-refractivity contribution in [2.45, 2.75) is 53.4 Å². The Hall–Kier alpha value is -0.570. The van der Waals surface area contributed by atoms with E-state index in [-0.39, 0.29) is 26.6 Å². The summed E-state index contributed by atoms with van der Waals surface area (Å²) in [7, 11) is 0. The molecule has 1 atom stereocenters. The Morgan fingerprint density at radius 3 is 2.00 bits per heavy atom. The summed E-state index contributed by atoms with van der Waals surface area (Å²) in [5.41, 5.74) is 2.06. The van der Waals surface area contributed by atoms with E-state index in [1.807, 2.05) is 0 Å². The lowest BCUT2D eigenvalue weighted by atomic mass is 9.77. The Labute approximate surface area is 141 Å². The molecule has 0 N–H and O–H groups in total. The fraction of sp³-hybridized carbons (Fsp3) is 0.500. The van der Waals surface area contributed by atoms with E-state index in [0.717, 1.165) is 0 Å². The average Bonchev–Trinajstić information content (AvgIpc) is 2.38. The third-order valence-corrected chi connectivity index (χ3v) is 6.86. The van der Waals surface area contributed by atoms with Gasteiger partial charge in [0.05, 0.1) is 0 Å². The van der Waals surface area contributed by atoms with Crippen LogP contribution in [0.1, 0.15) is 53.5 Å². The highest BCUT2D eigenvalue weighted by Crippen LogP contribution is 2.32. The highest BCUT2D eigenvalue weighted by molar-refractivity contribution is 5.23. The van der Waals surface area contributed by atoms with Crippen molar-refractivity contribution in [1.29, 1.82) is 0 Å². The summed E-state index contributed by atoms with van der Waals surface area (Å²) >= 11 is -0.0257. The van der Waals surface area contributed by atoms with Crippen LogP contribution in [-0.2, 0) is 5.41 Å². The number of hydrogen-bond donors (Lipinski definition) is 0. The second-order valence-corrected chi connectivity index (χ2v) is 11.0. The predicted octanol–water partition coefficient (Wildman–Crippen LogP) is 2.75. The van der Waals surface area contributed by atoms with Crippen LogP contribution < -0.4 is 21.2 Å². The Morgan fingerprint density at radius 2 is 1.57 bits per heavy atom. The van der Waals surface area contributed by atoms with Gasteiger partial charge in [0, 0.05) is 0 Å². The minimum Gasteiger partial charge on any atom is -0.0761 e. The molecule has 0 saturated carbocycles. The topological polar surface area (TPSA) is 0 Å². The highest BCUT2D eigenvalue weighted by Gasteiger charge is 2.27. The fourth-order valence-electron chi connectivity index (χ4n) is 2.45. The van der Waals surface area contributed by atoms with Crippen molar-refractivity contribution < 1.29 is 21.2 Å². The van der Waals surface area contributed by atoms with Crippen LogP contribution in [0.25, 0.3) is 0 Å². The summed E-state index contributed by atoms with van der Waals surface area (Å²) < 4.78 is 3.09. The van der Waals surface area contributed by atoms with Crippen molar-refractivity contribution >= 4 is 0 Å². The van der Waals surface area contributed by atoms with Gasteiger partial charge in [0.1, 0.15) is 0 Å². The van der Waals surface area contributed by atoms with E-state index in [1.54, 1.807) is 3.58 Å². The quantitative estimate of drug-likeness (QED) is 0.676. The first-order chi connectivity index (χ1) is 9.66. The van der Waals surface area contributed by atoms with Gasteiger partial charge in [0.25, 0.3) is 0 Å². The lowest BCUT2D eigenvalue weighted by molar-refractivity contribution is -0.572. The van der Waals surface area contributed by atoms with E-state index >= 15 is 0 Å². The Kier molecular flexibility index (Phi) is 5.02. The Morgan fingerprint density at radius 1 is 0.952 bits per heavy atom. The van der Waals surface area contributed by atoms with Gasteiger partial charge in [-0.2, -0.15) is 0 Å². The van der Waals surface area contributed by atoms with Gasteiger partial charge in [-0.25, -0.2) is 0 Å². The van der Waals surface area contributed by atoms with Crippen molar-refractivity contribution in [3.8, 4) is 0 Å². The minimum atomic E-state index is -0.0257. The number of benzene rings is 1. The summed E-state index contributed by atoms with van der Waals surface area (Å²) in [5, 5.41) is 0. The van der Waals surface area contributed by atoms with Crippen LogP contribution in [0.5, 0.6) is 0 Å². The predicted molar refractivity (Wildman–Crippen MR) is 88.6 cm³/mol. The van der Waals surface area contributed by atoms with Crippen molar-refractivity contribution in [2.24, 2.45) is 11.3 Å². The van der Waals surface area contributed by atoms with Crippen LogP contribution in [0.15, 0.2) is 46.1 Å². The molecule has 1 heteroatoms. The molecule has 0 heterocycles. The monoisotopic (exact) mass is 395 g/mol. The number of halogens is 1. The van der Waals surface area contributed by atoms with Gasteiger partial charge in [-0.05, 0) is 53.0 Å². The Bertz CT molecular complexity index is 533. The molecule has 0 spiro atoms. The van der Waals surface area contributed by atoms with Crippen molar-refractivity contribution in [1.82, 2.24) is 0 Å². The maximum atomic E-state index is 2.47. The maximum absolute atomic E-state index is 2.47. The van der Waals surface area contributed by atoms with Gasteiger partial charge in [-0.15, -0.1) is 0 Å². The molecule has 0 aromatic heterocycles.